The third-order valence-corrected chi connectivity index (χ3v) is 5.52. The van der Waals surface area contributed by atoms with E-state index < -0.39 is 5.91 Å². The molecule has 3 aromatic heterocycles. The molecule has 0 saturated carbocycles. The average Bonchev–Trinajstić information content (AvgIpc) is 3.06. The number of carbonyl (C=O) groups is 1. The molecule has 138 valence electrons. The smallest absolute Gasteiger partial charge is 0.248 e. The monoisotopic (exact) mass is 388 g/mol. The van der Waals surface area contributed by atoms with E-state index in [9.17, 15) is 4.79 Å². The highest BCUT2D eigenvalue weighted by atomic mass is 32.1. The number of thiophene rings is 1. The third-order valence-electron chi connectivity index (χ3n) is 4.18. The molecule has 1 aromatic carbocycles. The predicted octanol–water partition coefficient (Wildman–Crippen LogP) is 3.61. The first-order valence-electron chi connectivity index (χ1n) is 8.47. The zero-order chi connectivity index (χ0) is 19.5. The zero-order valence-electron chi connectivity index (χ0n) is 15.0. The molecule has 0 atom stereocenters. The summed E-state index contributed by atoms with van der Waals surface area (Å²) in [5.74, 6) is 0.169. The molecule has 0 aliphatic rings. The van der Waals surface area contributed by atoms with Crippen molar-refractivity contribution in [1.29, 1.82) is 0 Å². The Bertz CT molecular complexity index is 1190. The Morgan fingerprint density at radius 1 is 1.25 bits per heavy atom. The minimum atomic E-state index is -0.451. The molecule has 0 aliphatic carbocycles. The average molecular weight is 388 g/mol. The summed E-state index contributed by atoms with van der Waals surface area (Å²) in [6.45, 7) is 2.00. The molecule has 8 heteroatoms. The fourth-order valence-electron chi connectivity index (χ4n) is 2.81. The van der Waals surface area contributed by atoms with Crippen LogP contribution in [0.1, 0.15) is 21.5 Å². The normalized spacial score (nSPS) is 11.2. The summed E-state index contributed by atoms with van der Waals surface area (Å²) < 4.78 is 0.891. The van der Waals surface area contributed by atoms with Crippen LogP contribution in [-0.2, 0) is 0 Å². The van der Waals surface area contributed by atoms with E-state index in [4.69, 9.17) is 5.73 Å². The lowest BCUT2D eigenvalue weighted by atomic mass is 10.1. The maximum Gasteiger partial charge on any atom is 0.248 e. The molecule has 3 heterocycles. The molecule has 4 aromatic rings. The second-order valence-corrected chi connectivity index (χ2v) is 7.08. The number of hydrazone groups is 1. The number of hydrogen-bond acceptors (Lipinski definition) is 7. The molecule has 0 fully saturated rings. The summed E-state index contributed by atoms with van der Waals surface area (Å²) in [6, 6.07) is 11.0. The molecule has 7 nitrogen and oxygen atoms in total. The predicted molar refractivity (Wildman–Crippen MR) is 112 cm³/mol. The minimum absolute atomic E-state index is 0.451. The van der Waals surface area contributed by atoms with Gasteiger partial charge in [0, 0.05) is 28.4 Å². The standard InChI is InChI=1S/C20H16N6OS/c1-12-16-18(28-17(12)14-5-2-6-15(8-14)19(21)27)20(24-11-23-16)26-25-10-13-4-3-7-22-9-13/h2-11H,1H3,(H2,21,27)(H,23,24,26). The molecule has 0 spiro atoms. The number of aromatic nitrogens is 3. The van der Waals surface area contributed by atoms with Crippen LogP contribution in [0, 0.1) is 6.92 Å². The van der Waals surface area contributed by atoms with E-state index in [-0.39, 0.29) is 0 Å². The summed E-state index contributed by atoms with van der Waals surface area (Å²) in [4.78, 5) is 25.3. The lowest BCUT2D eigenvalue weighted by Gasteiger charge is -2.01. The van der Waals surface area contributed by atoms with Gasteiger partial charge < -0.3 is 5.73 Å². The Morgan fingerprint density at radius 2 is 2.14 bits per heavy atom. The Hall–Kier alpha value is -3.65. The highest BCUT2D eigenvalue weighted by molar-refractivity contribution is 7.23. The molecular formula is C20H16N6OS. The number of primary amides is 1. The largest absolute Gasteiger partial charge is 0.366 e. The van der Waals surface area contributed by atoms with Gasteiger partial charge in [-0.3, -0.25) is 15.2 Å². The lowest BCUT2D eigenvalue weighted by Crippen LogP contribution is -2.10. The van der Waals surface area contributed by atoms with Crippen LogP contribution in [0.4, 0.5) is 5.82 Å². The summed E-state index contributed by atoms with van der Waals surface area (Å²) in [5, 5.41) is 4.25. The molecule has 0 saturated heterocycles. The van der Waals surface area contributed by atoms with E-state index in [0.29, 0.717) is 11.4 Å². The van der Waals surface area contributed by atoms with Crippen LogP contribution in [0.2, 0.25) is 0 Å². The van der Waals surface area contributed by atoms with Gasteiger partial charge in [0.15, 0.2) is 5.82 Å². The summed E-state index contributed by atoms with van der Waals surface area (Å²) in [7, 11) is 0. The fraction of sp³-hybridized carbons (Fsp3) is 0.0500. The number of nitrogens with two attached hydrogens (primary N) is 1. The number of anilines is 1. The molecule has 4 rings (SSSR count). The van der Waals surface area contributed by atoms with E-state index >= 15 is 0 Å². The molecule has 0 radical (unpaired) electrons. The van der Waals surface area contributed by atoms with Gasteiger partial charge in [0.1, 0.15) is 6.33 Å². The number of nitrogens with zero attached hydrogens (tertiary/aromatic N) is 4. The van der Waals surface area contributed by atoms with Gasteiger partial charge in [-0.25, -0.2) is 9.97 Å². The number of rotatable bonds is 5. The van der Waals surface area contributed by atoms with Crippen LogP contribution in [0.3, 0.4) is 0 Å². The molecule has 0 aliphatic heterocycles. The van der Waals surface area contributed by atoms with E-state index in [1.807, 2.05) is 31.2 Å². The van der Waals surface area contributed by atoms with E-state index in [1.165, 1.54) is 6.33 Å². The van der Waals surface area contributed by atoms with Crippen molar-refractivity contribution >= 4 is 39.5 Å². The first-order valence-corrected chi connectivity index (χ1v) is 9.28. The van der Waals surface area contributed by atoms with Crippen LogP contribution in [-0.4, -0.2) is 27.1 Å². The van der Waals surface area contributed by atoms with Gasteiger partial charge in [0.05, 0.1) is 16.4 Å². The van der Waals surface area contributed by atoms with Gasteiger partial charge in [-0.05, 0) is 36.2 Å². The van der Waals surface area contributed by atoms with E-state index in [1.54, 1.807) is 42.1 Å². The zero-order valence-corrected chi connectivity index (χ0v) is 15.8. The number of hydrogen-bond donors (Lipinski definition) is 2. The summed E-state index contributed by atoms with van der Waals surface area (Å²) in [6.07, 6.45) is 6.62. The van der Waals surface area contributed by atoms with E-state index in [0.717, 1.165) is 31.8 Å². The van der Waals surface area contributed by atoms with Crippen molar-refractivity contribution in [1.82, 2.24) is 15.0 Å². The third kappa shape index (κ3) is 3.45. The number of aryl methyl sites for hydroxylation is 1. The number of pyridine rings is 1. The first kappa shape index (κ1) is 17.7. The highest BCUT2D eigenvalue weighted by Gasteiger charge is 2.15. The van der Waals surface area contributed by atoms with Crippen molar-refractivity contribution in [2.75, 3.05) is 5.43 Å². The number of amides is 1. The summed E-state index contributed by atoms with van der Waals surface area (Å²) in [5.41, 5.74) is 12.5. The minimum Gasteiger partial charge on any atom is -0.366 e. The molecule has 28 heavy (non-hydrogen) atoms. The van der Waals surface area contributed by atoms with Crippen molar-refractivity contribution in [3.63, 3.8) is 0 Å². The Labute approximate surface area is 165 Å². The Balaban J connectivity index is 1.71. The second-order valence-electron chi connectivity index (χ2n) is 6.06. The van der Waals surface area contributed by atoms with Gasteiger partial charge in [-0.1, -0.05) is 18.2 Å². The van der Waals surface area contributed by atoms with Crippen molar-refractivity contribution < 1.29 is 4.79 Å². The molecule has 0 unspecified atom stereocenters. The SMILES string of the molecule is Cc1c(-c2cccc(C(N)=O)c2)sc2c(NN=Cc3cccnc3)ncnc12. The van der Waals surface area contributed by atoms with Gasteiger partial charge in [-0.2, -0.15) is 5.10 Å². The molecule has 1 amide bonds. The quantitative estimate of drug-likeness (QED) is 0.401. The van der Waals surface area contributed by atoms with Crippen LogP contribution in [0.5, 0.6) is 0 Å². The van der Waals surface area contributed by atoms with Crippen LogP contribution < -0.4 is 11.2 Å². The van der Waals surface area contributed by atoms with Crippen LogP contribution >= 0.6 is 11.3 Å². The van der Waals surface area contributed by atoms with E-state index in [2.05, 4.69) is 25.5 Å². The molecule has 3 N–H and O–H groups in total. The number of nitrogens with one attached hydrogen (secondary N) is 1. The first-order chi connectivity index (χ1) is 13.6. The fourth-order valence-corrected chi connectivity index (χ4v) is 4.01. The van der Waals surface area contributed by atoms with Crippen molar-refractivity contribution in [3.05, 3.63) is 71.8 Å². The van der Waals surface area contributed by atoms with Crippen molar-refractivity contribution in [3.8, 4) is 10.4 Å². The highest BCUT2D eigenvalue weighted by Crippen LogP contribution is 2.39. The van der Waals surface area contributed by atoms with Gasteiger partial charge >= 0.3 is 0 Å². The second kappa shape index (κ2) is 7.53. The number of carbonyl (C=O) groups excluding carboxylic acids is 1. The topological polar surface area (TPSA) is 106 Å². The molecular weight excluding hydrogens is 372 g/mol. The Morgan fingerprint density at radius 3 is 2.93 bits per heavy atom. The number of benzene rings is 1. The molecule has 0 bridgehead atoms. The summed E-state index contributed by atoms with van der Waals surface area (Å²) >= 11 is 1.54. The van der Waals surface area contributed by atoms with Crippen LogP contribution in [0.15, 0.2) is 60.2 Å². The van der Waals surface area contributed by atoms with Crippen LogP contribution in [0.25, 0.3) is 20.7 Å². The number of fused-ring (bicyclic) bond motifs is 1. The van der Waals surface area contributed by atoms with Crippen molar-refractivity contribution in [2.24, 2.45) is 10.8 Å². The van der Waals surface area contributed by atoms with Gasteiger partial charge in [0.2, 0.25) is 5.91 Å². The Kier molecular flexibility index (Phi) is 4.77. The van der Waals surface area contributed by atoms with Crippen molar-refractivity contribution in [2.45, 2.75) is 6.92 Å². The van der Waals surface area contributed by atoms with Gasteiger partial charge in [0.25, 0.3) is 0 Å². The maximum atomic E-state index is 11.5. The maximum absolute atomic E-state index is 11.5. The van der Waals surface area contributed by atoms with Gasteiger partial charge in [-0.15, -0.1) is 11.3 Å². The lowest BCUT2D eigenvalue weighted by molar-refractivity contribution is 0.100.